The number of aromatic hydroxyl groups is 1. The molecule has 1 aliphatic rings. The van der Waals surface area contributed by atoms with Crippen molar-refractivity contribution in [3.05, 3.63) is 59.2 Å². The second-order valence-electron chi connectivity index (χ2n) is 5.04. The lowest BCUT2D eigenvalue weighted by Crippen LogP contribution is -2.33. The van der Waals surface area contributed by atoms with Crippen LogP contribution in [0.5, 0.6) is 5.75 Å². The zero-order valence-corrected chi connectivity index (χ0v) is 16.8. The molecule has 0 atom stereocenters. The first kappa shape index (κ1) is 19.8. The van der Waals surface area contributed by atoms with Crippen LogP contribution in [0.2, 0.25) is 0 Å². The standard InChI is InChI=1S/C15H3F4I2NO5/c16-8-6-7(9(17)11(19)10(8)18)14(25)22(13(6)24)27-15(26)5-3(20)1-2-4(21)12(5)23/h1-2,23H. The van der Waals surface area contributed by atoms with Gasteiger partial charge in [-0.25, -0.2) is 22.4 Å². The van der Waals surface area contributed by atoms with Crippen LogP contribution < -0.4 is 0 Å². The van der Waals surface area contributed by atoms with E-state index in [1.54, 1.807) is 45.2 Å². The van der Waals surface area contributed by atoms with Crippen molar-refractivity contribution >= 4 is 63.0 Å². The van der Waals surface area contributed by atoms with Crippen LogP contribution in [0.25, 0.3) is 0 Å². The molecule has 0 fully saturated rings. The summed E-state index contributed by atoms with van der Waals surface area (Å²) in [7, 11) is 0. The van der Waals surface area contributed by atoms with Crippen molar-refractivity contribution in [2.45, 2.75) is 0 Å². The maximum absolute atomic E-state index is 13.8. The van der Waals surface area contributed by atoms with E-state index < -0.39 is 63.5 Å². The Kier molecular flexibility index (Phi) is 5.04. The minimum absolute atomic E-state index is 0.182. The highest BCUT2D eigenvalue weighted by atomic mass is 127. The summed E-state index contributed by atoms with van der Waals surface area (Å²) in [5.74, 6) is -14.1. The molecule has 1 aliphatic heterocycles. The van der Waals surface area contributed by atoms with Gasteiger partial charge in [0.2, 0.25) is 0 Å². The van der Waals surface area contributed by atoms with Gasteiger partial charge in [0.15, 0.2) is 23.3 Å². The Balaban J connectivity index is 2.04. The Morgan fingerprint density at radius 3 is 1.81 bits per heavy atom. The van der Waals surface area contributed by atoms with Gasteiger partial charge in [-0.1, -0.05) is 5.06 Å². The van der Waals surface area contributed by atoms with Gasteiger partial charge in [0.05, 0.1) is 14.7 Å². The van der Waals surface area contributed by atoms with Crippen LogP contribution >= 0.6 is 45.2 Å². The topological polar surface area (TPSA) is 83.9 Å². The van der Waals surface area contributed by atoms with Gasteiger partial charge >= 0.3 is 5.97 Å². The highest BCUT2D eigenvalue weighted by Crippen LogP contribution is 2.33. The molecule has 2 aromatic rings. The number of fused-ring (bicyclic) bond motifs is 1. The van der Waals surface area contributed by atoms with E-state index in [2.05, 4.69) is 4.84 Å². The normalized spacial score (nSPS) is 13.2. The Morgan fingerprint density at radius 1 is 0.889 bits per heavy atom. The summed E-state index contributed by atoms with van der Waals surface area (Å²) in [6.45, 7) is 0. The highest BCUT2D eigenvalue weighted by Gasteiger charge is 2.46. The molecule has 0 aromatic heterocycles. The van der Waals surface area contributed by atoms with Crippen LogP contribution in [0.15, 0.2) is 12.1 Å². The summed E-state index contributed by atoms with van der Waals surface area (Å²) in [6, 6.07) is 2.89. The van der Waals surface area contributed by atoms with Gasteiger partial charge in [0.25, 0.3) is 11.8 Å². The number of hydrogen-bond acceptors (Lipinski definition) is 5. The average molecular weight is 607 g/mol. The van der Waals surface area contributed by atoms with E-state index in [1.807, 2.05) is 0 Å². The molecule has 1 heterocycles. The number of amides is 2. The number of halogens is 6. The molecular weight excluding hydrogens is 604 g/mol. The summed E-state index contributed by atoms with van der Waals surface area (Å²) >= 11 is 3.36. The maximum atomic E-state index is 13.8. The largest absolute Gasteiger partial charge is 0.506 e. The average Bonchev–Trinajstić information content (AvgIpc) is 2.86. The molecule has 0 spiro atoms. The Morgan fingerprint density at radius 2 is 1.33 bits per heavy atom. The van der Waals surface area contributed by atoms with Gasteiger partial charge in [-0.2, -0.15) is 0 Å². The minimum Gasteiger partial charge on any atom is -0.506 e. The maximum Gasteiger partial charge on any atom is 0.368 e. The summed E-state index contributed by atoms with van der Waals surface area (Å²) < 4.78 is 54.7. The van der Waals surface area contributed by atoms with Crippen molar-refractivity contribution in [2.24, 2.45) is 0 Å². The first-order valence-corrected chi connectivity index (χ1v) is 8.87. The number of phenolic OH excluding ortho intramolecular Hbond substituents is 1. The molecule has 0 bridgehead atoms. The molecule has 2 aromatic carbocycles. The van der Waals surface area contributed by atoms with E-state index in [-0.39, 0.29) is 12.2 Å². The number of benzene rings is 2. The number of phenols is 1. The second kappa shape index (κ2) is 6.88. The van der Waals surface area contributed by atoms with Crippen molar-refractivity contribution in [1.29, 1.82) is 0 Å². The summed E-state index contributed by atoms with van der Waals surface area (Å²) in [4.78, 5) is 41.1. The number of rotatable bonds is 2. The molecule has 0 saturated carbocycles. The molecule has 140 valence electrons. The zero-order valence-electron chi connectivity index (χ0n) is 12.4. The number of nitrogens with zero attached hydrogens (tertiary/aromatic N) is 1. The van der Waals surface area contributed by atoms with Crippen LogP contribution in [-0.2, 0) is 4.84 Å². The lowest BCUT2D eigenvalue weighted by atomic mass is 10.1. The fraction of sp³-hybridized carbons (Fsp3) is 0. The lowest BCUT2D eigenvalue weighted by Gasteiger charge is -2.14. The lowest BCUT2D eigenvalue weighted by molar-refractivity contribution is -0.0589. The molecule has 27 heavy (non-hydrogen) atoms. The van der Waals surface area contributed by atoms with E-state index in [0.717, 1.165) is 0 Å². The SMILES string of the molecule is O=C(ON1C(=O)c2c(F)c(F)c(F)c(F)c2C1=O)c1c(I)ccc(I)c1O. The molecule has 1 N–H and O–H groups in total. The zero-order chi connectivity index (χ0) is 20.2. The van der Waals surface area contributed by atoms with Crippen LogP contribution in [0, 0.1) is 30.4 Å². The van der Waals surface area contributed by atoms with Crippen LogP contribution in [-0.4, -0.2) is 28.0 Å². The van der Waals surface area contributed by atoms with Crippen molar-refractivity contribution in [2.75, 3.05) is 0 Å². The quantitative estimate of drug-likeness (QED) is 0.186. The molecule has 2 amide bonds. The Labute approximate surface area is 174 Å². The van der Waals surface area contributed by atoms with Crippen LogP contribution in [0.4, 0.5) is 17.6 Å². The first-order valence-electron chi connectivity index (χ1n) is 6.71. The fourth-order valence-corrected chi connectivity index (χ4v) is 3.38. The number of imide groups is 1. The predicted molar refractivity (Wildman–Crippen MR) is 95.7 cm³/mol. The molecule has 0 radical (unpaired) electrons. The van der Waals surface area contributed by atoms with Gasteiger partial charge in [-0.15, -0.1) is 0 Å². The molecule has 0 saturated heterocycles. The second-order valence-corrected chi connectivity index (χ2v) is 7.37. The van der Waals surface area contributed by atoms with Crippen molar-refractivity contribution in [3.8, 4) is 5.75 Å². The Hall–Kier alpha value is -1.97. The van der Waals surface area contributed by atoms with Gasteiger partial charge in [0.1, 0.15) is 11.3 Å². The third-order valence-electron chi connectivity index (χ3n) is 3.52. The predicted octanol–water partition coefficient (Wildman–Crippen LogP) is 3.53. The van der Waals surface area contributed by atoms with E-state index in [9.17, 15) is 37.1 Å². The van der Waals surface area contributed by atoms with Gasteiger partial charge in [-0.3, -0.25) is 9.59 Å². The molecule has 0 aliphatic carbocycles. The molecule has 12 heteroatoms. The third-order valence-corrected chi connectivity index (χ3v) is 5.29. The van der Waals surface area contributed by atoms with E-state index in [4.69, 9.17) is 0 Å². The van der Waals surface area contributed by atoms with Gasteiger partial charge in [0, 0.05) is 3.57 Å². The van der Waals surface area contributed by atoms with Gasteiger partial charge < -0.3 is 9.94 Å². The highest BCUT2D eigenvalue weighted by molar-refractivity contribution is 14.1. The number of hydrogen-bond donors (Lipinski definition) is 1. The van der Waals surface area contributed by atoms with E-state index >= 15 is 0 Å². The number of carbonyl (C=O) groups excluding carboxylic acids is 3. The summed E-state index contributed by atoms with van der Waals surface area (Å²) in [5.41, 5.74) is -3.21. The molecule has 3 rings (SSSR count). The number of hydroxylamine groups is 2. The smallest absolute Gasteiger partial charge is 0.368 e. The fourth-order valence-electron chi connectivity index (χ4n) is 2.28. The van der Waals surface area contributed by atoms with Crippen LogP contribution in [0.3, 0.4) is 0 Å². The number of carbonyl (C=O) groups is 3. The van der Waals surface area contributed by atoms with Crippen molar-refractivity contribution in [3.63, 3.8) is 0 Å². The summed E-state index contributed by atoms with van der Waals surface area (Å²) in [5, 5.41) is 9.64. The third kappa shape index (κ3) is 2.94. The first-order chi connectivity index (χ1) is 12.6. The molecule has 0 unspecified atom stereocenters. The Bertz CT molecular complexity index is 1010. The van der Waals surface area contributed by atoms with E-state index in [0.29, 0.717) is 0 Å². The monoisotopic (exact) mass is 607 g/mol. The van der Waals surface area contributed by atoms with Crippen LogP contribution in [0.1, 0.15) is 31.1 Å². The van der Waals surface area contributed by atoms with Gasteiger partial charge in [-0.05, 0) is 57.3 Å². The molecular formula is C15H3F4I2NO5. The molecule has 6 nitrogen and oxygen atoms in total. The summed E-state index contributed by atoms with van der Waals surface area (Å²) in [6.07, 6.45) is 0. The van der Waals surface area contributed by atoms with E-state index in [1.165, 1.54) is 12.1 Å². The van der Waals surface area contributed by atoms with Crippen molar-refractivity contribution in [1.82, 2.24) is 5.06 Å². The minimum atomic E-state index is -2.29. The van der Waals surface area contributed by atoms with Crippen molar-refractivity contribution < 1.29 is 41.9 Å².